The van der Waals surface area contributed by atoms with Gasteiger partial charge in [0.05, 0.1) is 17.4 Å². The molecule has 34 heavy (non-hydrogen) atoms. The Morgan fingerprint density at radius 1 is 1.09 bits per heavy atom. The van der Waals surface area contributed by atoms with Crippen LogP contribution in [0, 0.1) is 0 Å². The quantitative estimate of drug-likeness (QED) is 0.337. The zero-order valence-corrected chi connectivity index (χ0v) is 18.3. The first kappa shape index (κ1) is 20.0. The maximum atomic E-state index is 12.5. The van der Waals surface area contributed by atoms with Crippen molar-refractivity contribution in [1.29, 1.82) is 0 Å². The van der Waals surface area contributed by atoms with Crippen LogP contribution < -0.4 is 10.1 Å². The topological polar surface area (TPSA) is 98.9 Å². The minimum atomic E-state index is -0.333. The van der Waals surface area contributed by atoms with Crippen LogP contribution in [0.25, 0.3) is 27.5 Å². The van der Waals surface area contributed by atoms with Crippen molar-refractivity contribution in [2.75, 3.05) is 18.4 Å². The number of ether oxygens (including phenoxy) is 1. The highest BCUT2D eigenvalue weighted by Crippen LogP contribution is 2.31. The zero-order chi connectivity index (χ0) is 22.9. The molecule has 1 aliphatic rings. The smallest absolute Gasteiger partial charge is 0.410 e. The Hall–Kier alpha value is -4.59. The molecule has 0 saturated carbocycles. The van der Waals surface area contributed by atoms with Gasteiger partial charge in [0.2, 0.25) is 0 Å². The summed E-state index contributed by atoms with van der Waals surface area (Å²) in [5.74, 6) is 0.552. The molecule has 0 bridgehead atoms. The summed E-state index contributed by atoms with van der Waals surface area (Å²) in [5, 5.41) is 12.6. The molecule has 6 rings (SSSR count). The van der Waals surface area contributed by atoms with Crippen molar-refractivity contribution in [2.45, 2.75) is 6.42 Å². The lowest BCUT2D eigenvalue weighted by Crippen LogP contribution is -2.36. The summed E-state index contributed by atoms with van der Waals surface area (Å²) < 4.78 is 5.46. The summed E-state index contributed by atoms with van der Waals surface area (Å²) in [6.45, 7) is 1.09. The summed E-state index contributed by atoms with van der Waals surface area (Å²) >= 11 is 0. The molecule has 1 amide bonds. The Bertz CT molecular complexity index is 1520. The van der Waals surface area contributed by atoms with Gasteiger partial charge in [-0.15, -0.1) is 0 Å². The van der Waals surface area contributed by atoms with Gasteiger partial charge in [-0.2, -0.15) is 5.10 Å². The fourth-order valence-electron chi connectivity index (χ4n) is 4.22. The number of nitrogens with zero attached hydrogens (tertiary/aromatic N) is 3. The van der Waals surface area contributed by atoms with Gasteiger partial charge in [-0.1, -0.05) is 24.3 Å². The predicted molar refractivity (Wildman–Crippen MR) is 132 cm³/mol. The van der Waals surface area contributed by atoms with E-state index in [2.05, 4.69) is 43.7 Å². The molecule has 3 N–H and O–H groups in total. The van der Waals surface area contributed by atoms with Crippen LogP contribution in [-0.4, -0.2) is 44.2 Å². The number of hydrogen-bond donors (Lipinski definition) is 3. The van der Waals surface area contributed by atoms with E-state index >= 15 is 0 Å². The van der Waals surface area contributed by atoms with Crippen LogP contribution in [0.15, 0.2) is 79.1 Å². The zero-order valence-electron chi connectivity index (χ0n) is 18.3. The number of hydrogen-bond acceptors (Lipinski definition) is 5. The fourth-order valence-corrected chi connectivity index (χ4v) is 4.22. The number of para-hydroxylation sites is 1. The van der Waals surface area contributed by atoms with Gasteiger partial charge in [-0.25, -0.2) is 9.78 Å². The van der Waals surface area contributed by atoms with Crippen LogP contribution >= 0.6 is 0 Å². The van der Waals surface area contributed by atoms with Gasteiger partial charge in [0.25, 0.3) is 0 Å². The van der Waals surface area contributed by atoms with Crippen molar-refractivity contribution in [3.05, 3.63) is 84.8 Å². The van der Waals surface area contributed by atoms with Gasteiger partial charge >= 0.3 is 6.09 Å². The number of amides is 1. The van der Waals surface area contributed by atoms with Crippen molar-refractivity contribution >= 4 is 45.0 Å². The summed E-state index contributed by atoms with van der Waals surface area (Å²) in [6.07, 6.45) is 6.07. The fraction of sp³-hybridized carbons (Fsp3) is 0.115. The molecule has 8 nitrogen and oxygen atoms in total. The number of carbonyl (C=O) groups is 1. The van der Waals surface area contributed by atoms with Crippen molar-refractivity contribution in [3.8, 4) is 5.75 Å². The Balaban J connectivity index is 1.20. The van der Waals surface area contributed by atoms with Gasteiger partial charge in [0.15, 0.2) is 0 Å². The number of aromatic amines is 2. The van der Waals surface area contributed by atoms with Gasteiger partial charge < -0.3 is 19.9 Å². The van der Waals surface area contributed by atoms with E-state index in [0.717, 1.165) is 51.0 Å². The molecule has 0 spiro atoms. The predicted octanol–water partition coefficient (Wildman–Crippen LogP) is 5.47. The van der Waals surface area contributed by atoms with E-state index in [9.17, 15) is 4.79 Å². The normalized spacial score (nSPS) is 13.8. The minimum Gasteiger partial charge on any atom is -0.410 e. The largest absolute Gasteiger partial charge is 0.415 e. The number of pyridine rings is 1. The number of nitrogens with one attached hydrogen (secondary N) is 3. The van der Waals surface area contributed by atoms with Crippen LogP contribution in [0.1, 0.15) is 12.1 Å². The van der Waals surface area contributed by atoms with Gasteiger partial charge in [0, 0.05) is 41.4 Å². The van der Waals surface area contributed by atoms with Crippen molar-refractivity contribution < 1.29 is 9.53 Å². The van der Waals surface area contributed by atoms with E-state index in [1.165, 1.54) is 0 Å². The highest BCUT2D eigenvalue weighted by molar-refractivity contribution is 5.95. The Kier molecular flexibility index (Phi) is 4.95. The molecular weight excluding hydrogens is 428 g/mol. The first-order valence-corrected chi connectivity index (χ1v) is 11.1. The van der Waals surface area contributed by atoms with Gasteiger partial charge in [-0.05, 0) is 54.5 Å². The highest BCUT2D eigenvalue weighted by atomic mass is 16.6. The molecule has 8 heteroatoms. The monoisotopic (exact) mass is 450 g/mol. The molecule has 5 aromatic rings. The summed E-state index contributed by atoms with van der Waals surface area (Å²) in [6, 6.07) is 19.3. The van der Waals surface area contributed by atoms with Crippen molar-refractivity contribution in [1.82, 2.24) is 25.1 Å². The summed E-state index contributed by atoms with van der Waals surface area (Å²) in [5.41, 5.74) is 5.94. The first-order chi connectivity index (χ1) is 16.7. The summed E-state index contributed by atoms with van der Waals surface area (Å²) in [7, 11) is 0. The Labute approximate surface area is 195 Å². The van der Waals surface area contributed by atoms with E-state index in [0.29, 0.717) is 18.8 Å². The third kappa shape index (κ3) is 3.86. The van der Waals surface area contributed by atoms with E-state index < -0.39 is 0 Å². The molecule has 0 radical (unpaired) electrons. The maximum absolute atomic E-state index is 12.5. The number of rotatable bonds is 4. The molecule has 0 aliphatic carbocycles. The molecule has 2 aromatic carbocycles. The lowest BCUT2D eigenvalue weighted by molar-refractivity contribution is 0.157. The van der Waals surface area contributed by atoms with Crippen LogP contribution in [0.2, 0.25) is 0 Å². The second-order valence-electron chi connectivity index (χ2n) is 8.21. The standard InChI is InChI=1S/C26H22N6O2/c33-26(34-20-4-2-1-3-5-20)32-12-9-17(10-13-32)24-15-21-23(8-11-27-25(21)30-24)29-19-6-7-22-18(14-19)16-28-31-22/h1-9,11,14-16H,10,12-13H2,(H,28,31)(H2,27,29,30). The average Bonchev–Trinajstić information content (AvgIpc) is 3.52. The third-order valence-corrected chi connectivity index (χ3v) is 6.01. The van der Waals surface area contributed by atoms with Crippen molar-refractivity contribution in [2.24, 2.45) is 0 Å². The van der Waals surface area contributed by atoms with Crippen LogP contribution in [0.3, 0.4) is 0 Å². The average molecular weight is 451 g/mol. The number of fused-ring (bicyclic) bond motifs is 2. The number of aromatic nitrogens is 4. The van der Waals surface area contributed by atoms with Gasteiger partial charge in [-0.3, -0.25) is 5.10 Å². The molecule has 0 atom stereocenters. The van der Waals surface area contributed by atoms with Crippen LogP contribution in [0.5, 0.6) is 5.75 Å². The highest BCUT2D eigenvalue weighted by Gasteiger charge is 2.21. The molecule has 0 fully saturated rings. The van der Waals surface area contributed by atoms with Gasteiger partial charge in [0.1, 0.15) is 11.4 Å². The van der Waals surface area contributed by atoms with Crippen molar-refractivity contribution in [3.63, 3.8) is 0 Å². The second-order valence-corrected chi connectivity index (χ2v) is 8.21. The van der Waals surface area contributed by atoms with E-state index in [-0.39, 0.29) is 6.09 Å². The van der Waals surface area contributed by atoms with E-state index in [4.69, 9.17) is 4.74 Å². The number of anilines is 2. The molecular formula is C26H22N6O2. The molecule has 168 valence electrons. The van der Waals surface area contributed by atoms with Crippen LogP contribution in [0.4, 0.5) is 16.2 Å². The maximum Gasteiger partial charge on any atom is 0.415 e. The van der Waals surface area contributed by atoms with E-state index in [1.807, 2.05) is 42.6 Å². The summed E-state index contributed by atoms with van der Waals surface area (Å²) in [4.78, 5) is 22.1. The molecule has 4 heterocycles. The Morgan fingerprint density at radius 2 is 2.00 bits per heavy atom. The van der Waals surface area contributed by atoms with Crippen LogP contribution in [-0.2, 0) is 0 Å². The number of benzene rings is 2. The number of carbonyl (C=O) groups excluding carboxylic acids is 1. The lowest BCUT2D eigenvalue weighted by Gasteiger charge is -2.25. The minimum absolute atomic E-state index is 0.333. The SMILES string of the molecule is O=C(Oc1ccccc1)N1CC=C(c2cc3c(Nc4ccc5[nH]ncc5c4)ccnc3[nH]2)CC1. The van der Waals surface area contributed by atoms with E-state index in [1.54, 1.807) is 23.2 Å². The second kappa shape index (κ2) is 8.40. The third-order valence-electron chi connectivity index (χ3n) is 6.01. The molecule has 3 aromatic heterocycles. The number of H-pyrrole nitrogens is 2. The molecule has 0 unspecified atom stereocenters. The lowest BCUT2D eigenvalue weighted by atomic mass is 10.0. The first-order valence-electron chi connectivity index (χ1n) is 11.1. The molecule has 0 saturated heterocycles. The Morgan fingerprint density at radius 3 is 2.85 bits per heavy atom. The molecule has 1 aliphatic heterocycles.